The van der Waals surface area contributed by atoms with E-state index in [9.17, 15) is 0 Å². The van der Waals surface area contributed by atoms with E-state index in [2.05, 4.69) is 15.4 Å². The Morgan fingerprint density at radius 1 is 1.35 bits per heavy atom. The monoisotopic (exact) mass is 240 g/mol. The molecule has 0 radical (unpaired) electrons. The second-order valence-electron chi connectivity index (χ2n) is 3.61. The number of thioether (sulfide) groups is 1. The SMILES string of the molecule is N#CSC1=Nc2ccccc2Cc2nccn21. The van der Waals surface area contributed by atoms with Crippen molar-refractivity contribution in [1.82, 2.24) is 9.55 Å². The molecule has 1 aromatic heterocycles. The molecule has 17 heavy (non-hydrogen) atoms. The fourth-order valence-corrected chi connectivity index (χ4v) is 2.34. The van der Waals surface area contributed by atoms with E-state index in [1.54, 1.807) is 6.20 Å². The van der Waals surface area contributed by atoms with E-state index in [1.807, 2.05) is 35.0 Å². The van der Waals surface area contributed by atoms with Gasteiger partial charge in [0, 0.05) is 30.6 Å². The van der Waals surface area contributed by atoms with Crippen LogP contribution in [-0.2, 0) is 6.42 Å². The summed E-state index contributed by atoms with van der Waals surface area (Å²) in [7, 11) is 0. The van der Waals surface area contributed by atoms with Gasteiger partial charge in [0.25, 0.3) is 0 Å². The van der Waals surface area contributed by atoms with E-state index in [1.165, 1.54) is 0 Å². The van der Waals surface area contributed by atoms with E-state index in [0.717, 1.165) is 35.3 Å². The maximum Gasteiger partial charge on any atom is 0.188 e. The molecule has 4 nitrogen and oxygen atoms in total. The minimum absolute atomic E-state index is 0.657. The molecule has 5 heteroatoms. The van der Waals surface area contributed by atoms with Crippen LogP contribution in [0.25, 0.3) is 0 Å². The third-order valence-corrected chi connectivity index (χ3v) is 3.18. The lowest BCUT2D eigenvalue weighted by molar-refractivity contribution is 0.974. The number of hydrogen-bond acceptors (Lipinski definition) is 4. The summed E-state index contributed by atoms with van der Waals surface area (Å²) in [6.45, 7) is 0. The zero-order chi connectivity index (χ0) is 11.7. The number of nitrogens with zero attached hydrogens (tertiary/aromatic N) is 4. The van der Waals surface area contributed by atoms with Crippen molar-refractivity contribution in [3.05, 3.63) is 48.0 Å². The smallest absolute Gasteiger partial charge is 0.188 e. The maximum absolute atomic E-state index is 8.82. The molecule has 0 unspecified atom stereocenters. The molecule has 3 rings (SSSR count). The van der Waals surface area contributed by atoms with E-state index >= 15 is 0 Å². The molecule has 82 valence electrons. The normalized spacial score (nSPS) is 13.0. The highest BCUT2D eigenvalue weighted by Gasteiger charge is 2.16. The van der Waals surface area contributed by atoms with Crippen LogP contribution >= 0.6 is 11.8 Å². The quantitative estimate of drug-likeness (QED) is 0.665. The van der Waals surface area contributed by atoms with Crippen LogP contribution < -0.4 is 0 Å². The number of imidazole rings is 1. The molecule has 0 amide bonds. The summed E-state index contributed by atoms with van der Waals surface area (Å²) >= 11 is 1.05. The molecule has 1 aliphatic heterocycles. The summed E-state index contributed by atoms with van der Waals surface area (Å²) in [5.74, 6) is 0.913. The molecule has 0 saturated carbocycles. The Balaban J connectivity index is 2.21. The van der Waals surface area contributed by atoms with Crippen molar-refractivity contribution in [2.24, 2.45) is 4.99 Å². The molecule has 0 N–H and O–H groups in total. The first-order valence-corrected chi connectivity index (χ1v) is 5.95. The van der Waals surface area contributed by atoms with Gasteiger partial charge < -0.3 is 0 Å². The van der Waals surface area contributed by atoms with Crippen LogP contribution in [0.3, 0.4) is 0 Å². The Morgan fingerprint density at radius 2 is 2.24 bits per heavy atom. The number of benzene rings is 1. The van der Waals surface area contributed by atoms with Gasteiger partial charge in [-0.15, -0.1) is 0 Å². The van der Waals surface area contributed by atoms with Crippen molar-refractivity contribution in [3.8, 4) is 5.40 Å². The van der Waals surface area contributed by atoms with Crippen molar-refractivity contribution >= 4 is 22.6 Å². The highest BCUT2D eigenvalue weighted by molar-refractivity contribution is 8.17. The second-order valence-corrected chi connectivity index (χ2v) is 4.36. The zero-order valence-corrected chi connectivity index (χ0v) is 9.68. The number of nitriles is 1. The van der Waals surface area contributed by atoms with Gasteiger partial charge in [0.2, 0.25) is 0 Å². The Bertz CT molecular complexity index is 636. The van der Waals surface area contributed by atoms with Gasteiger partial charge in [-0.25, -0.2) is 9.98 Å². The van der Waals surface area contributed by atoms with Gasteiger partial charge in [-0.2, -0.15) is 5.26 Å². The molecular weight excluding hydrogens is 232 g/mol. The standard InChI is InChI=1S/C12H8N4S/c13-8-17-12-15-10-4-2-1-3-9(10)7-11-14-5-6-16(11)12/h1-6H,7H2. The van der Waals surface area contributed by atoms with Gasteiger partial charge >= 0.3 is 0 Å². The van der Waals surface area contributed by atoms with Gasteiger partial charge in [-0.1, -0.05) is 18.2 Å². The van der Waals surface area contributed by atoms with Gasteiger partial charge in [0.05, 0.1) is 5.69 Å². The van der Waals surface area contributed by atoms with Gasteiger partial charge in [0.1, 0.15) is 11.2 Å². The molecular formula is C12H8N4S. The molecule has 0 atom stereocenters. The van der Waals surface area contributed by atoms with Crippen LogP contribution in [0.15, 0.2) is 41.7 Å². The average molecular weight is 240 g/mol. The van der Waals surface area contributed by atoms with Gasteiger partial charge in [0.15, 0.2) is 5.17 Å². The highest BCUT2D eigenvalue weighted by atomic mass is 32.2. The average Bonchev–Trinajstić information content (AvgIpc) is 2.74. The highest BCUT2D eigenvalue weighted by Crippen LogP contribution is 2.27. The van der Waals surface area contributed by atoms with Crippen molar-refractivity contribution in [2.45, 2.75) is 6.42 Å². The molecule has 0 aliphatic carbocycles. The topological polar surface area (TPSA) is 54.0 Å². The predicted octanol–water partition coefficient (Wildman–Crippen LogP) is 2.54. The third-order valence-electron chi connectivity index (χ3n) is 2.62. The predicted molar refractivity (Wildman–Crippen MR) is 67.2 cm³/mol. The Hall–Kier alpha value is -2.06. The first-order chi connectivity index (χ1) is 8.38. The van der Waals surface area contributed by atoms with Crippen LogP contribution in [0.4, 0.5) is 5.69 Å². The molecule has 1 aliphatic rings. The van der Waals surface area contributed by atoms with Crippen molar-refractivity contribution in [3.63, 3.8) is 0 Å². The van der Waals surface area contributed by atoms with E-state index < -0.39 is 0 Å². The number of aromatic nitrogens is 2. The number of hydrogen-bond donors (Lipinski definition) is 0. The lowest BCUT2D eigenvalue weighted by atomic mass is 10.1. The van der Waals surface area contributed by atoms with Gasteiger partial charge in [-0.05, 0) is 11.6 Å². The molecule has 0 saturated heterocycles. The summed E-state index contributed by atoms with van der Waals surface area (Å²) in [4.78, 5) is 8.83. The number of rotatable bonds is 0. The summed E-state index contributed by atoms with van der Waals surface area (Å²) < 4.78 is 1.87. The van der Waals surface area contributed by atoms with Crippen molar-refractivity contribution in [2.75, 3.05) is 0 Å². The minimum Gasteiger partial charge on any atom is -0.281 e. The lowest BCUT2D eigenvalue weighted by Gasteiger charge is -2.02. The van der Waals surface area contributed by atoms with Crippen molar-refractivity contribution in [1.29, 1.82) is 5.26 Å². The zero-order valence-electron chi connectivity index (χ0n) is 8.87. The fourth-order valence-electron chi connectivity index (χ4n) is 1.85. The molecule has 2 heterocycles. The molecule has 1 aromatic carbocycles. The molecule has 0 spiro atoms. The lowest BCUT2D eigenvalue weighted by Crippen LogP contribution is -2.08. The molecule has 2 aromatic rings. The van der Waals surface area contributed by atoms with Crippen LogP contribution in [0, 0.1) is 10.7 Å². The van der Waals surface area contributed by atoms with E-state index in [0.29, 0.717) is 5.17 Å². The molecule has 0 fully saturated rings. The summed E-state index contributed by atoms with van der Waals surface area (Å²) in [6.07, 6.45) is 4.31. The van der Waals surface area contributed by atoms with E-state index in [-0.39, 0.29) is 0 Å². The largest absolute Gasteiger partial charge is 0.281 e. The van der Waals surface area contributed by atoms with Crippen LogP contribution in [0.1, 0.15) is 11.4 Å². The first kappa shape index (κ1) is 10.1. The number of fused-ring (bicyclic) bond motifs is 2. The fraction of sp³-hybridized carbons (Fsp3) is 0.0833. The van der Waals surface area contributed by atoms with E-state index in [4.69, 9.17) is 5.26 Å². The van der Waals surface area contributed by atoms with Gasteiger partial charge in [-0.3, -0.25) is 4.57 Å². The van der Waals surface area contributed by atoms with Crippen LogP contribution in [0.5, 0.6) is 0 Å². The number of para-hydroxylation sites is 1. The Kier molecular flexibility index (Phi) is 2.42. The number of thiocyanates is 1. The van der Waals surface area contributed by atoms with Crippen molar-refractivity contribution < 1.29 is 0 Å². The summed E-state index contributed by atoms with van der Waals surface area (Å²) in [5.41, 5.74) is 2.05. The maximum atomic E-state index is 8.82. The van der Waals surface area contributed by atoms with Crippen LogP contribution in [0.2, 0.25) is 0 Å². The summed E-state index contributed by atoms with van der Waals surface area (Å²) in [5, 5.41) is 11.5. The van der Waals surface area contributed by atoms with Crippen LogP contribution in [-0.4, -0.2) is 14.7 Å². The first-order valence-electron chi connectivity index (χ1n) is 5.13. The Morgan fingerprint density at radius 3 is 3.12 bits per heavy atom. The second kappa shape index (κ2) is 4.07. The number of aliphatic imine (C=N–C) groups is 1. The minimum atomic E-state index is 0.657. The third kappa shape index (κ3) is 1.73. The molecule has 0 bridgehead atoms. The summed E-state index contributed by atoms with van der Waals surface area (Å²) in [6, 6.07) is 7.94. The Labute approximate surface area is 103 Å².